The third-order valence-corrected chi connectivity index (χ3v) is 6.65. The molecule has 0 saturated heterocycles. The summed E-state index contributed by atoms with van der Waals surface area (Å²) in [6.45, 7) is 0. The summed E-state index contributed by atoms with van der Waals surface area (Å²) in [6, 6.07) is 40.8. The summed E-state index contributed by atoms with van der Waals surface area (Å²) < 4.78 is 1.76. The fraction of sp³-hybridized carbons (Fsp3) is 0. The number of hydrogen-bond donors (Lipinski definition) is 0. The Bertz CT molecular complexity index is 1680. The van der Waals surface area contributed by atoms with E-state index in [0.29, 0.717) is 27.8 Å². The van der Waals surface area contributed by atoms with Crippen LogP contribution in [-0.2, 0) is 0 Å². The van der Waals surface area contributed by atoms with Crippen LogP contribution in [0.25, 0.3) is 28.1 Å². The molecule has 0 fully saturated rings. The van der Waals surface area contributed by atoms with Gasteiger partial charge in [-0.2, -0.15) is 5.10 Å². The van der Waals surface area contributed by atoms with Crippen molar-refractivity contribution in [3.8, 4) is 28.1 Å². The summed E-state index contributed by atoms with van der Waals surface area (Å²) in [5.74, 6) is 0.282. The van der Waals surface area contributed by atoms with Gasteiger partial charge in [0, 0.05) is 16.8 Å². The van der Waals surface area contributed by atoms with E-state index in [0.717, 1.165) is 22.4 Å². The van der Waals surface area contributed by atoms with E-state index in [1.54, 1.807) is 22.0 Å². The lowest BCUT2D eigenvalue weighted by atomic mass is 10.0. The summed E-state index contributed by atoms with van der Waals surface area (Å²) in [5.41, 5.74) is 5.63. The Morgan fingerprint density at radius 1 is 0.692 bits per heavy atom. The van der Waals surface area contributed by atoms with E-state index in [1.165, 1.54) is 0 Å². The van der Waals surface area contributed by atoms with Gasteiger partial charge in [-0.1, -0.05) is 96.5 Å². The maximum absolute atomic E-state index is 14.3. The minimum atomic E-state index is -0.240. The Hall–Kier alpha value is -5.00. The molecule has 2 aromatic heterocycles. The lowest BCUT2D eigenvalue weighted by Crippen LogP contribution is -2.27. The van der Waals surface area contributed by atoms with Crippen molar-refractivity contribution in [2.45, 2.75) is 0 Å². The van der Waals surface area contributed by atoms with Gasteiger partial charge in [-0.3, -0.25) is 9.69 Å². The van der Waals surface area contributed by atoms with Crippen LogP contribution in [0.2, 0.25) is 5.02 Å². The van der Waals surface area contributed by atoms with E-state index in [-0.39, 0.29) is 5.91 Å². The first kappa shape index (κ1) is 24.3. The molecule has 0 N–H and O–H groups in total. The molecule has 0 unspecified atom stereocenters. The maximum atomic E-state index is 14.3. The van der Waals surface area contributed by atoms with Gasteiger partial charge in [0.2, 0.25) is 0 Å². The number of pyridine rings is 1. The van der Waals surface area contributed by atoms with Crippen molar-refractivity contribution in [1.29, 1.82) is 0 Å². The summed E-state index contributed by atoms with van der Waals surface area (Å²) in [7, 11) is 0. The molecule has 0 saturated carbocycles. The molecule has 0 radical (unpaired) electrons. The number of carbonyl (C=O) groups is 1. The van der Waals surface area contributed by atoms with E-state index >= 15 is 0 Å². The molecular weight excluding hydrogens is 504 g/mol. The number of halogens is 1. The van der Waals surface area contributed by atoms with Crippen LogP contribution in [-0.4, -0.2) is 20.7 Å². The van der Waals surface area contributed by atoms with Crippen LogP contribution in [0.15, 0.2) is 140 Å². The first-order chi connectivity index (χ1) is 19.2. The highest BCUT2D eigenvalue weighted by molar-refractivity contribution is 6.30. The predicted molar refractivity (Wildman–Crippen MR) is 157 cm³/mol. The van der Waals surface area contributed by atoms with E-state index in [4.69, 9.17) is 11.6 Å². The molecule has 1 amide bonds. The van der Waals surface area contributed by atoms with E-state index in [1.807, 2.05) is 103 Å². The highest BCUT2D eigenvalue weighted by atomic mass is 35.5. The minimum Gasteiger partial charge on any atom is -0.268 e. The van der Waals surface area contributed by atoms with Crippen LogP contribution in [0, 0.1) is 0 Å². The van der Waals surface area contributed by atoms with Gasteiger partial charge >= 0.3 is 0 Å². The van der Waals surface area contributed by atoms with Crippen molar-refractivity contribution in [3.05, 3.63) is 150 Å². The van der Waals surface area contributed by atoms with E-state index in [2.05, 4.69) is 34.3 Å². The first-order valence-corrected chi connectivity index (χ1v) is 12.9. The molecule has 6 aromatic rings. The Kier molecular flexibility index (Phi) is 6.73. The highest BCUT2D eigenvalue weighted by Crippen LogP contribution is 2.33. The standard InChI is InChI=1S/C33H23ClN4O/c34-27-12-9-15-29(22-27)38-32(26-19-17-25(18-20-26)24-10-3-1-4-11-24)30(23-36-38)33(39)37(28-13-5-2-6-14-28)31-16-7-8-21-35-31/h1-23H. The average Bonchev–Trinajstić information content (AvgIpc) is 3.44. The fourth-order valence-corrected chi connectivity index (χ4v) is 4.76. The average molecular weight is 527 g/mol. The Morgan fingerprint density at radius 2 is 1.36 bits per heavy atom. The van der Waals surface area contributed by atoms with Gasteiger partial charge < -0.3 is 0 Å². The third-order valence-electron chi connectivity index (χ3n) is 6.41. The second-order valence-corrected chi connectivity index (χ2v) is 9.34. The van der Waals surface area contributed by atoms with Crippen LogP contribution < -0.4 is 4.90 Å². The molecule has 2 heterocycles. The smallest absolute Gasteiger partial charge is 0.267 e. The number of para-hydroxylation sites is 1. The first-order valence-electron chi connectivity index (χ1n) is 12.5. The number of aromatic nitrogens is 3. The van der Waals surface area contributed by atoms with Crippen LogP contribution in [0.1, 0.15) is 10.4 Å². The van der Waals surface area contributed by atoms with Gasteiger partial charge in [0.25, 0.3) is 5.91 Å². The number of amides is 1. The monoisotopic (exact) mass is 526 g/mol. The fourth-order valence-electron chi connectivity index (χ4n) is 4.57. The molecule has 5 nitrogen and oxygen atoms in total. The second kappa shape index (κ2) is 10.8. The van der Waals surface area contributed by atoms with E-state index < -0.39 is 0 Å². The van der Waals surface area contributed by atoms with Crippen molar-refractivity contribution in [2.75, 3.05) is 4.90 Å². The summed E-state index contributed by atoms with van der Waals surface area (Å²) in [5, 5.41) is 5.25. The number of anilines is 2. The minimum absolute atomic E-state index is 0.240. The molecule has 0 aliphatic rings. The zero-order valence-corrected chi connectivity index (χ0v) is 21.6. The number of carbonyl (C=O) groups excluding carboxylic acids is 1. The normalized spacial score (nSPS) is 10.8. The largest absolute Gasteiger partial charge is 0.268 e. The molecule has 6 rings (SSSR count). The Balaban J connectivity index is 1.51. The molecule has 39 heavy (non-hydrogen) atoms. The van der Waals surface area contributed by atoms with Gasteiger partial charge in [-0.15, -0.1) is 0 Å². The molecule has 0 spiro atoms. The van der Waals surface area contributed by atoms with Gasteiger partial charge in [-0.05, 0) is 53.6 Å². The zero-order chi connectivity index (χ0) is 26.6. The lowest BCUT2D eigenvalue weighted by molar-refractivity contribution is 0.0999. The van der Waals surface area contributed by atoms with Crippen molar-refractivity contribution >= 4 is 29.0 Å². The number of benzene rings is 4. The van der Waals surface area contributed by atoms with Crippen LogP contribution >= 0.6 is 11.6 Å². The highest BCUT2D eigenvalue weighted by Gasteiger charge is 2.27. The summed E-state index contributed by atoms with van der Waals surface area (Å²) >= 11 is 6.34. The summed E-state index contributed by atoms with van der Waals surface area (Å²) in [4.78, 5) is 20.4. The van der Waals surface area contributed by atoms with Crippen LogP contribution in [0.4, 0.5) is 11.5 Å². The second-order valence-electron chi connectivity index (χ2n) is 8.91. The quantitative estimate of drug-likeness (QED) is 0.219. The predicted octanol–water partition coefficient (Wildman–Crippen LogP) is 8.23. The van der Waals surface area contributed by atoms with Gasteiger partial charge in [-0.25, -0.2) is 9.67 Å². The summed E-state index contributed by atoms with van der Waals surface area (Å²) in [6.07, 6.45) is 3.29. The Morgan fingerprint density at radius 3 is 2.05 bits per heavy atom. The number of nitrogens with zero attached hydrogens (tertiary/aromatic N) is 4. The molecule has 0 aliphatic carbocycles. The van der Waals surface area contributed by atoms with Crippen molar-refractivity contribution in [3.63, 3.8) is 0 Å². The third kappa shape index (κ3) is 4.96. The van der Waals surface area contributed by atoms with Gasteiger partial charge in [0.1, 0.15) is 5.82 Å². The van der Waals surface area contributed by atoms with Crippen molar-refractivity contribution in [1.82, 2.24) is 14.8 Å². The Labute approximate surface area is 231 Å². The molecule has 188 valence electrons. The van der Waals surface area contributed by atoms with Crippen LogP contribution in [0.5, 0.6) is 0 Å². The van der Waals surface area contributed by atoms with Crippen molar-refractivity contribution in [2.24, 2.45) is 0 Å². The zero-order valence-electron chi connectivity index (χ0n) is 20.9. The van der Waals surface area contributed by atoms with Crippen LogP contribution in [0.3, 0.4) is 0 Å². The molecule has 0 bridgehead atoms. The molecule has 6 heteroatoms. The van der Waals surface area contributed by atoms with Gasteiger partial charge in [0.05, 0.1) is 28.8 Å². The lowest BCUT2D eigenvalue weighted by Gasteiger charge is -2.22. The number of hydrogen-bond acceptors (Lipinski definition) is 3. The molecule has 4 aromatic carbocycles. The molecule has 0 atom stereocenters. The topological polar surface area (TPSA) is 51.0 Å². The molecule has 0 aliphatic heterocycles. The molecular formula is C33H23ClN4O. The van der Waals surface area contributed by atoms with Gasteiger partial charge in [0.15, 0.2) is 0 Å². The number of rotatable bonds is 6. The van der Waals surface area contributed by atoms with Crippen molar-refractivity contribution < 1.29 is 4.79 Å². The van der Waals surface area contributed by atoms with E-state index in [9.17, 15) is 4.79 Å². The SMILES string of the molecule is O=C(c1cnn(-c2cccc(Cl)c2)c1-c1ccc(-c2ccccc2)cc1)N(c1ccccc1)c1ccccn1. The maximum Gasteiger partial charge on any atom is 0.267 e.